The Hall–Kier alpha value is -3.95. The van der Waals surface area contributed by atoms with E-state index in [1.165, 1.54) is 11.3 Å². The predicted molar refractivity (Wildman–Crippen MR) is 135 cm³/mol. The Kier molecular flexibility index (Phi) is 7.47. The number of likely N-dealkylation sites (tertiary alicyclic amines) is 1. The SMILES string of the molecule is Cc1ccc(C(=O)Nc2cc(C(F)(F)F)ccn2)cc1C#Cc1cnc(NC(=O)N(C)C2CN(C)C2)s1. The summed E-state index contributed by atoms with van der Waals surface area (Å²) in [6.07, 6.45) is -2.01. The molecule has 0 radical (unpaired) electrons. The van der Waals surface area contributed by atoms with Gasteiger partial charge in [-0.25, -0.2) is 14.8 Å². The number of anilines is 2. The van der Waals surface area contributed by atoms with Crippen LogP contribution in [-0.4, -0.2) is 64.9 Å². The second-order valence-corrected chi connectivity index (χ2v) is 9.64. The molecule has 2 aromatic heterocycles. The number of halogens is 3. The highest BCUT2D eigenvalue weighted by Crippen LogP contribution is 2.30. The van der Waals surface area contributed by atoms with E-state index in [2.05, 4.69) is 37.3 Å². The van der Waals surface area contributed by atoms with Gasteiger partial charge in [-0.3, -0.25) is 10.1 Å². The van der Waals surface area contributed by atoms with Crippen molar-refractivity contribution in [1.82, 2.24) is 19.8 Å². The number of benzene rings is 1. The maximum Gasteiger partial charge on any atom is 0.416 e. The van der Waals surface area contributed by atoms with Gasteiger partial charge in [0.15, 0.2) is 5.13 Å². The molecule has 0 bridgehead atoms. The van der Waals surface area contributed by atoms with Crippen molar-refractivity contribution in [3.63, 3.8) is 0 Å². The summed E-state index contributed by atoms with van der Waals surface area (Å²) in [5.41, 5.74) is 0.690. The Labute approximate surface area is 215 Å². The monoisotopic (exact) mass is 528 g/mol. The highest BCUT2D eigenvalue weighted by atomic mass is 32.1. The zero-order valence-corrected chi connectivity index (χ0v) is 21.0. The van der Waals surface area contributed by atoms with Gasteiger partial charge in [0.2, 0.25) is 0 Å². The summed E-state index contributed by atoms with van der Waals surface area (Å²) in [6, 6.07) is 6.34. The van der Waals surface area contributed by atoms with Gasteiger partial charge in [-0.15, -0.1) is 0 Å². The Morgan fingerprint density at radius 1 is 1.14 bits per heavy atom. The Balaban J connectivity index is 1.43. The van der Waals surface area contributed by atoms with E-state index in [9.17, 15) is 22.8 Å². The predicted octanol–water partition coefficient (Wildman–Crippen LogP) is 4.30. The van der Waals surface area contributed by atoms with E-state index in [0.717, 1.165) is 37.0 Å². The number of amides is 3. The molecule has 1 aromatic carbocycles. The van der Waals surface area contributed by atoms with Crippen LogP contribution in [0, 0.1) is 18.8 Å². The van der Waals surface area contributed by atoms with E-state index in [0.29, 0.717) is 15.6 Å². The van der Waals surface area contributed by atoms with Crippen LogP contribution in [0.5, 0.6) is 0 Å². The summed E-state index contributed by atoms with van der Waals surface area (Å²) >= 11 is 1.22. The second kappa shape index (κ2) is 10.6. The van der Waals surface area contributed by atoms with E-state index in [4.69, 9.17) is 0 Å². The lowest BCUT2D eigenvalue weighted by Crippen LogP contribution is -2.58. The summed E-state index contributed by atoms with van der Waals surface area (Å²) in [7, 11) is 3.74. The number of aromatic nitrogens is 2. The van der Waals surface area contributed by atoms with Crippen molar-refractivity contribution in [3.05, 3.63) is 69.9 Å². The van der Waals surface area contributed by atoms with Crippen molar-refractivity contribution >= 4 is 34.2 Å². The van der Waals surface area contributed by atoms with E-state index in [1.54, 1.807) is 36.3 Å². The Bertz CT molecular complexity index is 1390. The minimum absolute atomic E-state index is 0.168. The van der Waals surface area contributed by atoms with Crippen LogP contribution >= 0.6 is 11.3 Å². The highest BCUT2D eigenvalue weighted by molar-refractivity contribution is 7.16. The second-order valence-electron chi connectivity index (χ2n) is 8.61. The molecule has 192 valence electrons. The van der Waals surface area contributed by atoms with Gasteiger partial charge in [0.1, 0.15) is 5.82 Å². The third kappa shape index (κ3) is 6.44. The molecule has 2 N–H and O–H groups in total. The average Bonchev–Trinajstić information content (AvgIpc) is 3.27. The smallest absolute Gasteiger partial charge is 0.322 e. The number of urea groups is 1. The summed E-state index contributed by atoms with van der Waals surface area (Å²) in [4.78, 5) is 37.4. The van der Waals surface area contributed by atoms with Crippen molar-refractivity contribution < 1.29 is 22.8 Å². The topological polar surface area (TPSA) is 90.5 Å². The molecule has 0 spiro atoms. The number of nitrogens with zero attached hydrogens (tertiary/aromatic N) is 4. The van der Waals surface area contributed by atoms with Gasteiger partial charge in [0, 0.05) is 37.5 Å². The van der Waals surface area contributed by atoms with Gasteiger partial charge in [0.25, 0.3) is 5.91 Å². The Morgan fingerprint density at radius 2 is 1.89 bits per heavy atom. The van der Waals surface area contributed by atoms with Crippen LogP contribution in [0.2, 0.25) is 0 Å². The summed E-state index contributed by atoms with van der Waals surface area (Å²) in [6.45, 7) is 3.48. The molecule has 12 heteroatoms. The van der Waals surface area contributed by atoms with Crippen LogP contribution in [0.25, 0.3) is 0 Å². The number of carbonyl (C=O) groups excluding carboxylic acids is 2. The number of nitrogens with one attached hydrogen (secondary N) is 2. The van der Waals surface area contributed by atoms with Crippen molar-refractivity contribution in [2.45, 2.75) is 19.1 Å². The number of rotatable bonds is 4. The van der Waals surface area contributed by atoms with Crippen molar-refractivity contribution in [2.75, 3.05) is 37.8 Å². The molecule has 3 amide bonds. The molecule has 1 aliphatic heterocycles. The molecule has 1 saturated heterocycles. The molecule has 0 atom stereocenters. The van der Waals surface area contributed by atoms with Crippen molar-refractivity contribution in [3.8, 4) is 11.8 Å². The van der Waals surface area contributed by atoms with E-state index in [-0.39, 0.29) is 23.5 Å². The molecular formula is C25H23F3N6O2S. The van der Waals surface area contributed by atoms with Gasteiger partial charge in [-0.05, 0) is 49.7 Å². The number of hydrogen-bond acceptors (Lipinski definition) is 6. The first-order valence-corrected chi connectivity index (χ1v) is 12.0. The number of hydrogen-bond donors (Lipinski definition) is 2. The van der Waals surface area contributed by atoms with Crippen LogP contribution in [0.1, 0.15) is 31.9 Å². The van der Waals surface area contributed by atoms with Crippen molar-refractivity contribution in [2.24, 2.45) is 0 Å². The van der Waals surface area contributed by atoms with Crippen LogP contribution in [0.4, 0.5) is 28.9 Å². The quantitative estimate of drug-likeness (QED) is 0.493. The standard InChI is InChI=1S/C25H23F3N6O2S/c1-15-4-5-17(22(35)31-21-11-18(8-9-29-21)25(26,27)28)10-16(15)6-7-20-12-30-23(37-20)32-24(36)34(3)19-13-33(2)14-19/h4-5,8-12,19H,13-14H2,1-3H3,(H,29,31,35)(H,30,32,36). The molecule has 0 unspecified atom stereocenters. The fourth-order valence-corrected chi connectivity index (χ4v) is 4.20. The number of carbonyl (C=O) groups is 2. The van der Waals surface area contributed by atoms with Gasteiger partial charge in [-0.1, -0.05) is 23.3 Å². The van der Waals surface area contributed by atoms with Gasteiger partial charge < -0.3 is 15.1 Å². The van der Waals surface area contributed by atoms with E-state index in [1.807, 2.05) is 14.0 Å². The third-order valence-corrected chi connectivity index (χ3v) is 6.61. The maximum absolute atomic E-state index is 12.9. The molecule has 0 aliphatic carbocycles. The molecule has 8 nitrogen and oxygen atoms in total. The van der Waals surface area contributed by atoms with Gasteiger partial charge >= 0.3 is 12.2 Å². The van der Waals surface area contributed by atoms with Gasteiger partial charge in [0.05, 0.1) is 22.7 Å². The molecule has 1 aliphatic rings. The normalized spacial score (nSPS) is 13.8. The lowest BCUT2D eigenvalue weighted by Gasteiger charge is -2.41. The van der Waals surface area contributed by atoms with E-state index >= 15 is 0 Å². The molecule has 37 heavy (non-hydrogen) atoms. The zero-order valence-electron chi connectivity index (χ0n) is 20.2. The highest BCUT2D eigenvalue weighted by Gasteiger charge is 2.31. The molecule has 0 saturated carbocycles. The molecule has 3 heterocycles. The average molecular weight is 529 g/mol. The largest absolute Gasteiger partial charge is 0.416 e. The first kappa shape index (κ1) is 26.1. The first-order chi connectivity index (χ1) is 17.5. The van der Waals surface area contributed by atoms with Crippen LogP contribution in [0.15, 0.2) is 42.7 Å². The minimum Gasteiger partial charge on any atom is -0.322 e. The maximum atomic E-state index is 12.9. The minimum atomic E-state index is -4.54. The number of pyridine rings is 1. The van der Waals surface area contributed by atoms with Crippen LogP contribution in [0.3, 0.4) is 0 Å². The fourth-order valence-electron chi connectivity index (χ4n) is 3.54. The molecule has 3 aromatic rings. The lowest BCUT2D eigenvalue weighted by atomic mass is 10.0. The number of likely N-dealkylation sites (N-methyl/N-ethyl adjacent to an activating group) is 2. The van der Waals surface area contributed by atoms with Gasteiger partial charge in [-0.2, -0.15) is 13.2 Å². The fraction of sp³-hybridized carbons (Fsp3) is 0.280. The number of aryl methyl sites for hydroxylation is 1. The van der Waals surface area contributed by atoms with Crippen LogP contribution in [-0.2, 0) is 6.18 Å². The molecule has 4 rings (SSSR count). The summed E-state index contributed by atoms with van der Waals surface area (Å²) in [5.74, 6) is 5.16. The lowest BCUT2D eigenvalue weighted by molar-refractivity contribution is -0.137. The zero-order chi connectivity index (χ0) is 26.7. The number of alkyl halides is 3. The van der Waals surface area contributed by atoms with Crippen LogP contribution < -0.4 is 10.6 Å². The molecule has 1 fully saturated rings. The third-order valence-electron chi connectivity index (χ3n) is 5.78. The Morgan fingerprint density at radius 3 is 2.59 bits per heavy atom. The summed E-state index contributed by atoms with van der Waals surface area (Å²) in [5, 5.41) is 5.59. The van der Waals surface area contributed by atoms with E-state index < -0.39 is 17.6 Å². The summed E-state index contributed by atoms with van der Waals surface area (Å²) < 4.78 is 38.8. The molecular weight excluding hydrogens is 505 g/mol. The first-order valence-electron chi connectivity index (χ1n) is 11.1. The number of thiazole rings is 1. The van der Waals surface area contributed by atoms with Crippen molar-refractivity contribution in [1.29, 1.82) is 0 Å².